The maximum Gasteiger partial charge on any atom is 0.0153 e. The summed E-state index contributed by atoms with van der Waals surface area (Å²) in [6, 6.07) is 1.60. The Hall–Kier alpha value is -0.600. The predicted octanol–water partition coefficient (Wildman–Crippen LogP) is 3.78. The van der Waals surface area contributed by atoms with Gasteiger partial charge < -0.3 is 11.1 Å². The van der Waals surface area contributed by atoms with Gasteiger partial charge in [-0.15, -0.1) is 0 Å². The SMILES string of the molecule is CC1=CCC(C(C)NC2CC=CC3CCCC(N)C32)CC1. The van der Waals surface area contributed by atoms with Gasteiger partial charge in [-0.2, -0.15) is 0 Å². The highest BCUT2D eigenvalue weighted by Gasteiger charge is 2.38. The molecule has 6 unspecified atom stereocenters. The molecule has 0 aromatic heterocycles. The molecule has 3 N–H and O–H groups in total. The van der Waals surface area contributed by atoms with Gasteiger partial charge in [0.15, 0.2) is 0 Å². The Labute approximate surface area is 130 Å². The van der Waals surface area contributed by atoms with E-state index in [1.807, 2.05) is 0 Å². The first kappa shape index (κ1) is 15.3. The number of hydrogen-bond acceptors (Lipinski definition) is 2. The summed E-state index contributed by atoms with van der Waals surface area (Å²) < 4.78 is 0. The fraction of sp³-hybridized carbons (Fsp3) is 0.789. The van der Waals surface area contributed by atoms with Gasteiger partial charge in [-0.1, -0.05) is 30.2 Å². The Morgan fingerprint density at radius 2 is 2.10 bits per heavy atom. The van der Waals surface area contributed by atoms with E-state index in [2.05, 4.69) is 37.4 Å². The van der Waals surface area contributed by atoms with Crippen molar-refractivity contribution < 1.29 is 0 Å². The average Bonchev–Trinajstić information content (AvgIpc) is 2.48. The third-order valence-electron chi connectivity index (χ3n) is 6.16. The summed E-state index contributed by atoms with van der Waals surface area (Å²) in [4.78, 5) is 0. The van der Waals surface area contributed by atoms with Crippen LogP contribution in [-0.4, -0.2) is 18.1 Å². The van der Waals surface area contributed by atoms with Crippen LogP contribution >= 0.6 is 0 Å². The van der Waals surface area contributed by atoms with Gasteiger partial charge in [-0.05, 0) is 70.1 Å². The third kappa shape index (κ3) is 3.43. The lowest BCUT2D eigenvalue weighted by atomic mass is 9.68. The van der Waals surface area contributed by atoms with Crippen LogP contribution in [0.15, 0.2) is 23.8 Å². The van der Waals surface area contributed by atoms with E-state index in [1.54, 1.807) is 5.57 Å². The van der Waals surface area contributed by atoms with Crippen molar-refractivity contribution in [2.24, 2.45) is 23.5 Å². The first-order chi connectivity index (χ1) is 10.1. The van der Waals surface area contributed by atoms with Crippen molar-refractivity contribution >= 4 is 0 Å². The molecule has 0 bridgehead atoms. The van der Waals surface area contributed by atoms with Gasteiger partial charge >= 0.3 is 0 Å². The zero-order valence-electron chi connectivity index (χ0n) is 13.7. The summed E-state index contributed by atoms with van der Waals surface area (Å²) in [6.07, 6.45) is 16.2. The Morgan fingerprint density at radius 3 is 2.86 bits per heavy atom. The molecule has 3 aliphatic carbocycles. The molecule has 6 atom stereocenters. The summed E-state index contributed by atoms with van der Waals surface area (Å²) >= 11 is 0. The van der Waals surface area contributed by atoms with Crippen LogP contribution in [0.3, 0.4) is 0 Å². The van der Waals surface area contributed by atoms with Gasteiger partial charge in [0.25, 0.3) is 0 Å². The zero-order chi connectivity index (χ0) is 14.8. The van der Waals surface area contributed by atoms with Gasteiger partial charge in [-0.25, -0.2) is 0 Å². The fourth-order valence-electron chi connectivity index (χ4n) is 4.76. The minimum Gasteiger partial charge on any atom is -0.327 e. The Kier molecular flexibility index (Phi) is 4.85. The van der Waals surface area contributed by atoms with E-state index in [0.717, 1.165) is 11.8 Å². The normalized spacial score (nSPS) is 41.3. The van der Waals surface area contributed by atoms with E-state index in [1.165, 1.54) is 44.9 Å². The summed E-state index contributed by atoms with van der Waals surface area (Å²) in [5.41, 5.74) is 8.05. The molecule has 2 nitrogen and oxygen atoms in total. The molecular weight excluding hydrogens is 256 g/mol. The quantitative estimate of drug-likeness (QED) is 0.776. The first-order valence-corrected chi connectivity index (χ1v) is 8.99. The number of hydrogen-bond donors (Lipinski definition) is 2. The number of nitrogens with two attached hydrogens (primary N) is 1. The average molecular weight is 288 g/mol. The molecule has 0 aromatic carbocycles. The minimum absolute atomic E-state index is 0.395. The lowest BCUT2D eigenvalue weighted by Gasteiger charge is -2.44. The Morgan fingerprint density at radius 1 is 1.24 bits per heavy atom. The van der Waals surface area contributed by atoms with Crippen LogP contribution in [0.5, 0.6) is 0 Å². The lowest BCUT2D eigenvalue weighted by molar-refractivity contribution is 0.156. The highest BCUT2D eigenvalue weighted by Crippen LogP contribution is 2.37. The van der Waals surface area contributed by atoms with Gasteiger partial charge in [0.1, 0.15) is 0 Å². The minimum atomic E-state index is 0.395. The van der Waals surface area contributed by atoms with Crippen molar-refractivity contribution in [3.8, 4) is 0 Å². The smallest absolute Gasteiger partial charge is 0.0153 e. The summed E-state index contributed by atoms with van der Waals surface area (Å²) in [5.74, 6) is 2.19. The van der Waals surface area contributed by atoms with Crippen LogP contribution in [-0.2, 0) is 0 Å². The standard InChI is InChI=1S/C19H32N2/c1-13-9-11-15(12-10-13)14(2)21-18-8-4-6-16-5-3-7-17(20)19(16)18/h4,6,9,14-19,21H,3,5,7-8,10-12,20H2,1-2H3. The van der Waals surface area contributed by atoms with Crippen LogP contribution < -0.4 is 11.1 Å². The molecule has 3 aliphatic rings. The maximum atomic E-state index is 6.47. The molecule has 1 saturated carbocycles. The van der Waals surface area contributed by atoms with E-state index in [-0.39, 0.29) is 0 Å². The molecule has 0 radical (unpaired) electrons. The number of allylic oxidation sites excluding steroid dienone is 3. The van der Waals surface area contributed by atoms with Crippen molar-refractivity contribution in [2.45, 2.75) is 76.9 Å². The molecule has 118 valence electrons. The molecule has 0 aromatic rings. The second kappa shape index (κ2) is 6.66. The molecular formula is C19H32N2. The monoisotopic (exact) mass is 288 g/mol. The highest BCUT2D eigenvalue weighted by molar-refractivity contribution is 5.09. The van der Waals surface area contributed by atoms with Gasteiger partial charge in [-0.3, -0.25) is 0 Å². The highest BCUT2D eigenvalue weighted by atomic mass is 15.0. The van der Waals surface area contributed by atoms with Crippen LogP contribution in [0.2, 0.25) is 0 Å². The molecule has 0 amide bonds. The van der Waals surface area contributed by atoms with Crippen LogP contribution in [0.25, 0.3) is 0 Å². The second-order valence-electron chi connectivity index (χ2n) is 7.65. The molecule has 0 aliphatic heterocycles. The predicted molar refractivity (Wildman–Crippen MR) is 90.0 cm³/mol. The van der Waals surface area contributed by atoms with Crippen LogP contribution in [0, 0.1) is 17.8 Å². The molecule has 0 heterocycles. The second-order valence-corrected chi connectivity index (χ2v) is 7.65. The van der Waals surface area contributed by atoms with Crippen molar-refractivity contribution in [1.82, 2.24) is 5.32 Å². The summed E-state index contributed by atoms with van der Waals surface area (Å²) in [6.45, 7) is 4.66. The topological polar surface area (TPSA) is 38.0 Å². The van der Waals surface area contributed by atoms with E-state index in [4.69, 9.17) is 5.73 Å². The molecule has 1 fully saturated rings. The van der Waals surface area contributed by atoms with Crippen molar-refractivity contribution in [3.63, 3.8) is 0 Å². The number of nitrogens with one attached hydrogen (secondary N) is 1. The Balaban J connectivity index is 1.62. The molecule has 2 heteroatoms. The van der Waals surface area contributed by atoms with Crippen LogP contribution in [0.4, 0.5) is 0 Å². The molecule has 0 saturated heterocycles. The summed E-state index contributed by atoms with van der Waals surface area (Å²) in [7, 11) is 0. The molecule has 21 heavy (non-hydrogen) atoms. The van der Waals surface area contributed by atoms with Gasteiger partial charge in [0.2, 0.25) is 0 Å². The Bertz CT molecular complexity index is 412. The van der Waals surface area contributed by atoms with Crippen LogP contribution in [0.1, 0.15) is 58.8 Å². The third-order valence-corrected chi connectivity index (χ3v) is 6.16. The van der Waals surface area contributed by atoms with Crippen molar-refractivity contribution in [3.05, 3.63) is 23.8 Å². The van der Waals surface area contributed by atoms with E-state index < -0.39 is 0 Å². The first-order valence-electron chi connectivity index (χ1n) is 8.99. The van der Waals surface area contributed by atoms with E-state index >= 15 is 0 Å². The maximum absolute atomic E-state index is 6.47. The van der Waals surface area contributed by atoms with Gasteiger partial charge in [0, 0.05) is 18.1 Å². The van der Waals surface area contributed by atoms with E-state index in [9.17, 15) is 0 Å². The van der Waals surface area contributed by atoms with Gasteiger partial charge in [0.05, 0.1) is 0 Å². The molecule has 0 spiro atoms. The van der Waals surface area contributed by atoms with E-state index in [0.29, 0.717) is 24.0 Å². The van der Waals surface area contributed by atoms with Crippen molar-refractivity contribution in [1.29, 1.82) is 0 Å². The molecule has 3 rings (SSSR count). The number of rotatable bonds is 3. The largest absolute Gasteiger partial charge is 0.327 e. The fourth-order valence-corrected chi connectivity index (χ4v) is 4.76. The zero-order valence-corrected chi connectivity index (χ0v) is 13.7. The summed E-state index contributed by atoms with van der Waals surface area (Å²) in [5, 5.41) is 3.97. The van der Waals surface area contributed by atoms with Crippen molar-refractivity contribution in [2.75, 3.05) is 0 Å². The lowest BCUT2D eigenvalue weighted by Crippen LogP contribution is -2.54. The number of fused-ring (bicyclic) bond motifs is 1.